The highest BCUT2D eigenvalue weighted by Gasteiger charge is 2.37. The molecule has 0 amide bonds. The van der Waals surface area contributed by atoms with Crippen molar-refractivity contribution in [3.8, 4) is 0 Å². The Bertz CT molecular complexity index is 448. The van der Waals surface area contributed by atoms with Crippen LogP contribution >= 0.6 is 12.4 Å². The van der Waals surface area contributed by atoms with Crippen molar-refractivity contribution < 1.29 is 22.7 Å². The summed E-state index contributed by atoms with van der Waals surface area (Å²) < 4.78 is 51.0. The summed E-state index contributed by atoms with van der Waals surface area (Å²) in [5, 5.41) is 9.76. The second kappa shape index (κ2) is 5.64. The van der Waals surface area contributed by atoms with E-state index >= 15 is 0 Å². The molecule has 0 saturated heterocycles. The molecule has 2 rings (SSSR count). The average molecular weight is 300 g/mol. The summed E-state index contributed by atoms with van der Waals surface area (Å²) >= 11 is 0. The van der Waals surface area contributed by atoms with Gasteiger partial charge in [-0.05, 0) is 37.0 Å². The molecule has 1 aromatic rings. The van der Waals surface area contributed by atoms with Crippen LogP contribution < -0.4 is 5.73 Å². The summed E-state index contributed by atoms with van der Waals surface area (Å²) in [7, 11) is 0. The predicted molar refractivity (Wildman–Crippen MR) is 64.3 cm³/mol. The molecule has 19 heavy (non-hydrogen) atoms. The van der Waals surface area contributed by atoms with Gasteiger partial charge in [-0.3, -0.25) is 0 Å². The molecule has 1 saturated carbocycles. The molecule has 1 aromatic carbocycles. The van der Waals surface area contributed by atoms with Crippen LogP contribution in [0.15, 0.2) is 18.2 Å². The molecular weight excluding hydrogens is 286 g/mol. The lowest BCUT2D eigenvalue weighted by atomic mass is 9.97. The molecule has 3 N–H and O–H groups in total. The van der Waals surface area contributed by atoms with Crippen LogP contribution in [0.4, 0.5) is 17.6 Å². The Kier molecular flexibility index (Phi) is 4.81. The molecule has 108 valence electrons. The van der Waals surface area contributed by atoms with Gasteiger partial charge >= 0.3 is 6.18 Å². The summed E-state index contributed by atoms with van der Waals surface area (Å²) in [5.41, 5.74) is 4.39. The van der Waals surface area contributed by atoms with E-state index in [0.717, 1.165) is 18.9 Å². The lowest BCUT2D eigenvalue weighted by Gasteiger charge is -2.20. The van der Waals surface area contributed by atoms with Crippen molar-refractivity contribution in [3.05, 3.63) is 35.1 Å². The first-order valence-electron chi connectivity index (χ1n) is 5.61. The summed E-state index contributed by atoms with van der Waals surface area (Å²) in [5.74, 6) is -0.857. The van der Waals surface area contributed by atoms with Crippen LogP contribution in [0.5, 0.6) is 0 Å². The summed E-state index contributed by atoms with van der Waals surface area (Å²) in [4.78, 5) is 0. The van der Waals surface area contributed by atoms with Crippen LogP contribution in [-0.4, -0.2) is 11.2 Å². The van der Waals surface area contributed by atoms with Gasteiger partial charge in [0.15, 0.2) is 0 Å². The van der Waals surface area contributed by atoms with Gasteiger partial charge in [0, 0.05) is 5.56 Å². The minimum atomic E-state index is -4.55. The second-order valence-electron chi connectivity index (χ2n) is 4.59. The smallest absolute Gasteiger partial charge is 0.391 e. The molecule has 2 atom stereocenters. The summed E-state index contributed by atoms with van der Waals surface area (Å²) in [6, 6.07) is 0.943. The Morgan fingerprint density at radius 1 is 1.26 bits per heavy atom. The average Bonchev–Trinajstić information content (AvgIpc) is 3.10. The number of hydrogen-bond acceptors (Lipinski definition) is 2. The van der Waals surface area contributed by atoms with E-state index in [-0.39, 0.29) is 23.9 Å². The molecule has 0 heterocycles. The Labute approximate surface area is 114 Å². The maximum absolute atomic E-state index is 13.5. The second-order valence-corrected chi connectivity index (χ2v) is 4.59. The largest absolute Gasteiger partial charge is 0.416 e. The van der Waals surface area contributed by atoms with Gasteiger partial charge in [-0.15, -0.1) is 12.4 Å². The number of aliphatic hydroxyl groups is 1. The van der Waals surface area contributed by atoms with Crippen LogP contribution in [0.1, 0.15) is 30.0 Å². The number of rotatable bonds is 3. The third-order valence-electron chi connectivity index (χ3n) is 3.16. The number of halogens is 5. The van der Waals surface area contributed by atoms with E-state index in [4.69, 9.17) is 5.73 Å². The molecule has 7 heteroatoms. The van der Waals surface area contributed by atoms with Crippen molar-refractivity contribution in [3.63, 3.8) is 0 Å². The molecule has 0 radical (unpaired) electrons. The monoisotopic (exact) mass is 299 g/mol. The van der Waals surface area contributed by atoms with E-state index in [2.05, 4.69) is 0 Å². The van der Waals surface area contributed by atoms with Crippen molar-refractivity contribution in [2.24, 2.45) is 11.7 Å². The van der Waals surface area contributed by atoms with Crippen molar-refractivity contribution in [1.29, 1.82) is 0 Å². The predicted octanol–water partition coefficient (Wildman–Crippen LogP) is 3.04. The zero-order valence-electron chi connectivity index (χ0n) is 9.82. The Hall–Kier alpha value is -0.850. The van der Waals surface area contributed by atoms with Crippen molar-refractivity contribution in [1.82, 2.24) is 0 Å². The lowest BCUT2D eigenvalue weighted by Crippen LogP contribution is -2.29. The topological polar surface area (TPSA) is 46.2 Å². The molecule has 1 fully saturated rings. The maximum atomic E-state index is 13.5. The zero-order valence-corrected chi connectivity index (χ0v) is 10.6. The van der Waals surface area contributed by atoms with E-state index in [0.29, 0.717) is 12.1 Å². The van der Waals surface area contributed by atoms with Crippen LogP contribution in [0.3, 0.4) is 0 Å². The summed E-state index contributed by atoms with van der Waals surface area (Å²) in [6.07, 6.45) is -4.00. The van der Waals surface area contributed by atoms with Crippen molar-refractivity contribution in [2.75, 3.05) is 0 Å². The normalized spacial score (nSPS) is 18.6. The van der Waals surface area contributed by atoms with Gasteiger partial charge in [-0.1, -0.05) is 0 Å². The van der Waals surface area contributed by atoms with Crippen LogP contribution in [0.2, 0.25) is 0 Å². The number of hydrogen-bond donors (Lipinski definition) is 2. The Balaban J connectivity index is 0.00000180. The zero-order chi connectivity index (χ0) is 13.5. The third kappa shape index (κ3) is 3.58. The van der Waals surface area contributed by atoms with Crippen LogP contribution in [0, 0.1) is 11.7 Å². The third-order valence-corrected chi connectivity index (χ3v) is 3.16. The Morgan fingerprint density at radius 3 is 2.32 bits per heavy atom. The van der Waals surface area contributed by atoms with Gasteiger partial charge in [0.05, 0.1) is 17.7 Å². The van der Waals surface area contributed by atoms with E-state index < -0.39 is 29.7 Å². The number of aliphatic hydroxyl groups excluding tert-OH is 1. The molecule has 2 nitrogen and oxygen atoms in total. The van der Waals surface area contributed by atoms with E-state index in [1.807, 2.05) is 0 Å². The SMILES string of the molecule is Cl.N[C@@H](c1cc(C(F)(F)F)ccc1F)[C@H](O)C1CC1. The first-order chi connectivity index (χ1) is 8.30. The molecule has 0 aromatic heterocycles. The van der Waals surface area contributed by atoms with Gasteiger partial charge in [-0.25, -0.2) is 4.39 Å². The molecule has 0 aliphatic heterocycles. The first-order valence-corrected chi connectivity index (χ1v) is 5.61. The minimum absolute atomic E-state index is 0. The van der Waals surface area contributed by atoms with E-state index in [9.17, 15) is 22.7 Å². The molecule has 1 aliphatic carbocycles. The fraction of sp³-hybridized carbons (Fsp3) is 0.500. The van der Waals surface area contributed by atoms with Crippen LogP contribution in [-0.2, 0) is 6.18 Å². The highest BCUT2D eigenvalue weighted by molar-refractivity contribution is 5.85. The minimum Gasteiger partial charge on any atom is -0.391 e. The van der Waals surface area contributed by atoms with Gasteiger partial charge in [0.25, 0.3) is 0 Å². The summed E-state index contributed by atoms with van der Waals surface area (Å²) in [6.45, 7) is 0. The number of nitrogens with two attached hydrogens (primary N) is 1. The van der Waals surface area contributed by atoms with Gasteiger partial charge in [0.1, 0.15) is 5.82 Å². The van der Waals surface area contributed by atoms with Crippen molar-refractivity contribution in [2.45, 2.75) is 31.2 Å². The standard InChI is InChI=1S/C12H13F4NO.ClH/c13-9-4-3-7(12(14,15)16)5-8(9)10(17)11(18)6-1-2-6;/h3-6,10-11,18H,1-2,17H2;1H/t10-,11+;/m0./s1. The van der Waals surface area contributed by atoms with Crippen molar-refractivity contribution >= 4 is 12.4 Å². The fourth-order valence-corrected chi connectivity index (χ4v) is 1.89. The Morgan fingerprint density at radius 2 is 1.84 bits per heavy atom. The highest BCUT2D eigenvalue weighted by Crippen LogP contribution is 2.38. The van der Waals surface area contributed by atoms with Gasteiger partial charge in [0.2, 0.25) is 0 Å². The molecule has 0 bridgehead atoms. The molecular formula is C12H14ClF4NO. The van der Waals surface area contributed by atoms with Gasteiger partial charge in [-0.2, -0.15) is 13.2 Å². The molecule has 1 aliphatic rings. The lowest BCUT2D eigenvalue weighted by molar-refractivity contribution is -0.137. The quantitative estimate of drug-likeness (QED) is 0.843. The number of benzene rings is 1. The number of alkyl halides is 3. The van der Waals surface area contributed by atoms with Gasteiger partial charge < -0.3 is 10.8 Å². The molecule has 0 unspecified atom stereocenters. The first kappa shape index (κ1) is 16.2. The van der Waals surface area contributed by atoms with E-state index in [1.54, 1.807) is 0 Å². The maximum Gasteiger partial charge on any atom is 0.416 e. The highest BCUT2D eigenvalue weighted by atomic mass is 35.5. The van der Waals surface area contributed by atoms with Crippen LogP contribution in [0.25, 0.3) is 0 Å². The molecule has 0 spiro atoms. The van der Waals surface area contributed by atoms with E-state index in [1.165, 1.54) is 0 Å². The fourth-order valence-electron chi connectivity index (χ4n) is 1.89.